The van der Waals surface area contributed by atoms with Gasteiger partial charge in [0.15, 0.2) is 5.82 Å². The third-order valence-corrected chi connectivity index (χ3v) is 7.01. The Labute approximate surface area is 207 Å². The van der Waals surface area contributed by atoms with Crippen molar-refractivity contribution in [1.29, 1.82) is 0 Å². The molecule has 184 valence electrons. The maximum Gasteiger partial charge on any atom is 0.225 e. The topological polar surface area (TPSA) is 55.5 Å². The van der Waals surface area contributed by atoms with Crippen molar-refractivity contribution < 1.29 is 18.3 Å². The number of aromatic nitrogens is 3. The van der Waals surface area contributed by atoms with E-state index in [-0.39, 0.29) is 17.5 Å². The van der Waals surface area contributed by atoms with Crippen LogP contribution < -0.4 is 0 Å². The molecule has 0 aliphatic carbocycles. The highest BCUT2D eigenvalue weighted by Crippen LogP contribution is 2.26. The molecule has 1 aromatic heterocycles. The monoisotopic (exact) mass is 499 g/mol. The van der Waals surface area contributed by atoms with E-state index in [4.69, 9.17) is 22.1 Å². The molecule has 0 spiro atoms. The number of benzene rings is 2. The Morgan fingerprint density at radius 1 is 1.03 bits per heavy atom. The number of halogens is 2. The van der Waals surface area contributed by atoms with Gasteiger partial charge in [-0.3, -0.25) is 14.3 Å². The van der Waals surface area contributed by atoms with Gasteiger partial charge in [0.2, 0.25) is 10.7 Å². The van der Waals surface area contributed by atoms with Crippen LogP contribution in [0.2, 0.25) is 0 Å². The second-order valence-electron chi connectivity index (χ2n) is 8.87. The number of amides is 1. The lowest BCUT2D eigenvalue weighted by molar-refractivity contribution is -0.141. The fourth-order valence-corrected chi connectivity index (χ4v) is 4.99. The maximum absolute atomic E-state index is 14.8. The Balaban J connectivity index is 1.37. The number of morpholine rings is 1. The summed E-state index contributed by atoms with van der Waals surface area (Å²) in [6, 6.07) is 12.8. The van der Waals surface area contributed by atoms with Crippen molar-refractivity contribution in [3.05, 3.63) is 64.9 Å². The zero-order chi connectivity index (χ0) is 24.4. The smallest absolute Gasteiger partial charge is 0.225 e. The van der Waals surface area contributed by atoms with E-state index in [2.05, 4.69) is 4.90 Å². The summed E-state index contributed by atoms with van der Waals surface area (Å²) in [5.41, 5.74) is 0.923. The summed E-state index contributed by atoms with van der Waals surface area (Å²) in [6.07, 6.45) is 1.53. The van der Waals surface area contributed by atoms with Gasteiger partial charge >= 0.3 is 0 Å². The molecule has 2 aliphatic heterocycles. The number of rotatable bonds is 5. The van der Waals surface area contributed by atoms with E-state index in [1.165, 1.54) is 12.1 Å². The summed E-state index contributed by atoms with van der Waals surface area (Å²) in [5.74, 6) is -0.644. The first-order valence-electron chi connectivity index (χ1n) is 11.8. The first-order valence-corrected chi connectivity index (χ1v) is 12.2. The van der Waals surface area contributed by atoms with Crippen LogP contribution in [-0.4, -0.2) is 69.4 Å². The van der Waals surface area contributed by atoms with E-state index in [1.54, 1.807) is 9.25 Å². The van der Waals surface area contributed by atoms with Gasteiger partial charge in [-0.25, -0.2) is 13.5 Å². The van der Waals surface area contributed by atoms with Crippen LogP contribution in [0.5, 0.6) is 0 Å². The number of piperidine rings is 1. The van der Waals surface area contributed by atoms with Gasteiger partial charge in [-0.15, -0.1) is 5.10 Å². The molecule has 0 bridgehead atoms. The molecule has 2 saturated heterocycles. The normalized spacial score (nSPS) is 17.6. The van der Waals surface area contributed by atoms with Crippen LogP contribution in [0.25, 0.3) is 17.1 Å². The molecule has 1 amide bonds. The van der Waals surface area contributed by atoms with Gasteiger partial charge in [0.05, 0.1) is 25.6 Å². The van der Waals surface area contributed by atoms with Crippen LogP contribution in [-0.2, 0) is 16.2 Å². The summed E-state index contributed by atoms with van der Waals surface area (Å²) in [6.45, 7) is 4.42. The summed E-state index contributed by atoms with van der Waals surface area (Å²) in [5, 5.41) is 4.73. The van der Waals surface area contributed by atoms with E-state index >= 15 is 0 Å². The molecule has 35 heavy (non-hydrogen) atoms. The zero-order valence-corrected chi connectivity index (χ0v) is 20.1. The SMILES string of the molecule is O=C(C1CCN(Cn2nc(-c3ccccc3)n(-c3ccc(F)cc3F)c2=S)CC1)N1CCOCC1. The highest BCUT2D eigenvalue weighted by molar-refractivity contribution is 7.71. The fourth-order valence-electron chi connectivity index (χ4n) is 4.71. The molecule has 5 rings (SSSR count). The molecule has 3 heterocycles. The third-order valence-electron chi connectivity index (χ3n) is 6.62. The van der Waals surface area contributed by atoms with Crippen molar-refractivity contribution in [3.63, 3.8) is 0 Å². The predicted molar refractivity (Wildman–Crippen MR) is 129 cm³/mol. The van der Waals surface area contributed by atoms with Crippen LogP contribution in [0.4, 0.5) is 8.78 Å². The predicted octanol–water partition coefficient (Wildman–Crippen LogP) is 3.88. The van der Waals surface area contributed by atoms with Crippen molar-refractivity contribution in [1.82, 2.24) is 24.1 Å². The van der Waals surface area contributed by atoms with Gasteiger partial charge in [-0.2, -0.15) is 0 Å². The second kappa shape index (κ2) is 10.3. The van der Waals surface area contributed by atoms with Crippen LogP contribution in [0.3, 0.4) is 0 Å². The molecule has 0 radical (unpaired) electrons. The van der Waals surface area contributed by atoms with Crippen molar-refractivity contribution in [2.75, 3.05) is 39.4 Å². The summed E-state index contributed by atoms with van der Waals surface area (Å²) < 4.78 is 37.2. The van der Waals surface area contributed by atoms with Crippen LogP contribution >= 0.6 is 12.2 Å². The van der Waals surface area contributed by atoms with Crippen molar-refractivity contribution in [2.45, 2.75) is 19.5 Å². The fraction of sp³-hybridized carbons (Fsp3) is 0.400. The summed E-state index contributed by atoms with van der Waals surface area (Å²) in [4.78, 5) is 17.0. The molecule has 2 aromatic carbocycles. The van der Waals surface area contributed by atoms with E-state index in [0.717, 1.165) is 37.6 Å². The van der Waals surface area contributed by atoms with Gasteiger partial charge in [-0.05, 0) is 37.2 Å². The molecule has 3 aromatic rings. The Kier molecular flexibility index (Phi) is 7.03. The zero-order valence-electron chi connectivity index (χ0n) is 19.3. The molecule has 10 heteroatoms. The maximum atomic E-state index is 14.8. The molecule has 2 aliphatic rings. The lowest BCUT2D eigenvalue weighted by atomic mass is 9.95. The minimum atomic E-state index is -0.708. The minimum Gasteiger partial charge on any atom is -0.378 e. The van der Waals surface area contributed by atoms with Gasteiger partial charge in [-0.1, -0.05) is 30.3 Å². The van der Waals surface area contributed by atoms with Crippen molar-refractivity contribution in [3.8, 4) is 17.1 Å². The number of carbonyl (C=O) groups is 1. The standard InChI is InChI=1S/C25H27F2N5O2S/c26-20-6-7-22(21(27)16-20)32-23(18-4-2-1-3-5-18)28-31(25(32)35)17-29-10-8-19(9-11-29)24(33)30-12-14-34-15-13-30/h1-7,16,19H,8-15,17H2. The van der Waals surface area contributed by atoms with E-state index < -0.39 is 11.6 Å². The first-order chi connectivity index (χ1) is 17.0. The second-order valence-corrected chi connectivity index (χ2v) is 9.24. The van der Waals surface area contributed by atoms with Gasteiger partial charge < -0.3 is 9.64 Å². The van der Waals surface area contributed by atoms with Crippen LogP contribution in [0.1, 0.15) is 12.8 Å². The van der Waals surface area contributed by atoms with Gasteiger partial charge in [0, 0.05) is 43.7 Å². The Bertz CT molecular complexity index is 1250. The largest absolute Gasteiger partial charge is 0.378 e. The summed E-state index contributed by atoms with van der Waals surface area (Å²) >= 11 is 5.71. The number of nitrogens with zero attached hydrogens (tertiary/aromatic N) is 5. The average molecular weight is 500 g/mol. The Morgan fingerprint density at radius 3 is 2.43 bits per heavy atom. The Morgan fingerprint density at radius 2 is 1.74 bits per heavy atom. The molecular formula is C25H27F2N5O2S. The molecule has 2 fully saturated rings. The van der Waals surface area contributed by atoms with E-state index in [0.29, 0.717) is 43.6 Å². The molecule has 0 atom stereocenters. The number of hydrogen-bond acceptors (Lipinski definition) is 5. The lowest BCUT2D eigenvalue weighted by Gasteiger charge is -2.35. The van der Waals surface area contributed by atoms with Crippen molar-refractivity contribution in [2.24, 2.45) is 5.92 Å². The van der Waals surface area contributed by atoms with Crippen molar-refractivity contribution >= 4 is 18.1 Å². The Hall–Kier alpha value is -2.95. The molecule has 0 unspecified atom stereocenters. The lowest BCUT2D eigenvalue weighted by Crippen LogP contribution is -2.47. The molecule has 7 nitrogen and oxygen atoms in total. The van der Waals surface area contributed by atoms with Crippen LogP contribution in [0, 0.1) is 22.3 Å². The number of hydrogen-bond donors (Lipinski definition) is 0. The molecular weight excluding hydrogens is 472 g/mol. The number of ether oxygens (including phenoxy) is 1. The van der Waals surface area contributed by atoms with Gasteiger partial charge in [0.25, 0.3) is 0 Å². The molecule has 0 saturated carbocycles. The highest BCUT2D eigenvalue weighted by atomic mass is 32.1. The number of likely N-dealkylation sites (tertiary alicyclic amines) is 1. The first kappa shape index (κ1) is 23.8. The van der Waals surface area contributed by atoms with Crippen LogP contribution in [0.15, 0.2) is 48.5 Å². The van der Waals surface area contributed by atoms with Gasteiger partial charge in [0.1, 0.15) is 11.6 Å². The molecule has 0 N–H and O–H groups in total. The minimum absolute atomic E-state index is 0.0167. The third kappa shape index (κ3) is 5.05. The highest BCUT2D eigenvalue weighted by Gasteiger charge is 2.30. The number of carbonyl (C=O) groups excluding carboxylic acids is 1. The quantitative estimate of drug-likeness (QED) is 0.499. The van der Waals surface area contributed by atoms with E-state index in [1.807, 2.05) is 35.2 Å². The summed E-state index contributed by atoms with van der Waals surface area (Å²) in [7, 11) is 0. The average Bonchev–Trinajstić information content (AvgIpc) is 3.20. The van der Waals surface area contributed by atoms with E-state index in [9.17, 15) is 13.6 Å².